The summed E-state index contributed by atoms with van der Waals surface area (Å²) in [7, 11) is 1.30. The van der Waals surface area contributed by atoms with Crippen molar-refractivity contribution in [2.45, 2.75) is 19.8 Å². The van der Waals surface area contributed by atoms with E-state index in [1.807, 2.05) is 6.92 Å². The number of hydrogen-bond donors (Lipinski definition) is 0. The molecule has 0 spiro atoms. The van der Waals surface area contributed by atoms with E-state index in [1.54, 1.807) is 0 Å². The first-order valence-electron chi connectivity index (χ1n) is 4.36. The molecule has 0 atom stereocenters. The predicted molar refractivity (Wildman–Crippen MR) is 57.2 cm³/mol. The number of aryl methyl sites for hydroxylation is 1. The number of nitrogens with zero attached hydrogens (tertiary/aromatic N) is 2. The number of halogens is 2. The molecule has 0 aromatic carbocycles. The average Bonchev–Trinajstić information content (AvgIpc) is 2.22. The molecule has 0 fully saturated rings. The van der Waals surface area contributed by atoms with Gasteiger partial charge >= 0.3 is 5.97 Å². The largest absolute Gasteiger partial charge is 0.469 e. The Labute approximate surface area is 97.6 Å². The zero-order valence-electron chi connectivity index (χ0n) is 8.38. The normalized spacial score (nSPS) is 10.1. The van der Waals surface area contributed by atoms with Gasteiger partial charge in [0.05, 0.1) is 13.5 Å². The molecule has 0 amide bonds. The summed E-state index contributed by atoms with van der Waals surface area (Å²) in [5.74, 6) is 0.130. The Morgan fingerprint density at radius 1 is 1.33 bits per heavy atom. The minimum Gasteiger partial charge on any atom is -0.469 e. The van der Waals surface area contributed by atoms with Crippen molar-refractivity contribution >= 4 is 29.2 Å². The Hall–Kier alpha value is -0.870. The monoisotopic (exact) mass is 248 g/mol. The second-order valence-electron chi connectivity index (χ2n) is 2.81. The molecule has 0 aliphatic carbocycles. The molecule has 0 N–H and O–H groups in total. The van der Waals surface area contributed by atoms with Crippen LogP contribution in [0.25, 0.3) is 0 Å². The molecule has 0 saturated carbocycles. The van der Waals surface area contributed by atoms with Gasteiger partial charge < -0.3 is 4.74 Å². The number of rotatable bonds is 3. The zero-order valence-corrected chi connectivity index (χ0v) is 9.89. The number of methoxy groups -OCH3 is 1. The van der Waals surface area contributed by atoms with Gasteiger partial charge in [0.2, 0.25) is 0 Å². The minimum atomic E-state index is -0.424. The summed E-state index contributed by atoms with van der Waals surface area (Å²) < 4.78 is 4.51. The standard InChI is InChI=1S/C9H10Cl2N2O2/c1-3-6-12-8(10)5(9(11)13-6)4-7(14)15-2/h3-4H2,1-2H3. The summed E-state index contributed by atoms with van der Waals surface area (Å²) in [6.07, 6.45) is 0.621. The SMILES string of the molecule is CCc1nc(Cl)c(CC(=O)OC)c(Cl)n1. The number of esters is 1. The highest BCUT2D eigenvalue weighted by atomic mass is 35.5. The summed E-state index contributed by atoms with van der Waals surface area (Å²) in [5, 5.41) is 0.412. The minimum absolute atomic E-state index is 0.0157. The average molecular weight is 249 g/mol. The maximum atomic E-state index is 11.0. The Balaban J connectivity index is 3.03. The Kier molecular flexibility index (Phi) is 4.29. The van der Waals surface area contributed by atoms with Crippen molar-refractivity contribution in [1.29, 1.82) is 0 Å². The van der Waals surface area contributed by atoms with Crippen LogP contribution < -0.4 is 0 Å². The van der Waals surface area contributed by atoms with Crippen molar-refractivity contribution in [3.05, 3.63) is 21.7 Å². The van der Waals surface area contributed by atoms with Crippen LogP contribution >= 0.6 is 23.2 Å². The first-order chi connectivity index (χ1) is 7.08. The van der Waals surface area contributed by atoms with Crippen LogP contribution in [0.2, 0.25) is 10.3 Å². The third kappa shape index (κ3) is 3.04. The van der Waals surface area contributed by atoms with E-state index < -0.39 is 5.97 Å². The molecular weight excluding hydrogens is 239 g/mol. The molecule has 82 valence electrons. The summed E-state index contributed by atoms with van der Waals surface area (Å²) in [5.41, 5.74) is 0.405. The quantitative estimate of drug-likeness (QED) is 0.607. The zero-order chi connectivity index (χ0) is 11.4. The highest BCUT2D eigenvalue weighted by Crippen LogP contribution is 2.22. The fourth-order valence-corrected chi connectivity index (χ4v) is 1.55. The molecule has 0 aliphatic heterocycles. The Morgan fingerprint density at radius 2 is 1.87 bits per heavy atom. The van der Waals surface area contributed by atoms with Gasteiger partial charge in [-0.05, 0) is 0 Å². The van der Waals surface area contributed by atoms with Gasteiger partial charge in [0.25, 0.3) is 0 Å². The molecule has 0 radical (unpaired) electrons. The van der Waals surface area contributed by atoms with E-state index >= 15 is 0 Å². The van der Waals surface area contributed by atoms with E-state index in [0.29, 0.717) is 17.8 Å². The molecule has 0 bridgehead atoms. The van der Waals surface area contributed by atoms with E-state index in [4.69, 9.17) is 23.2 Å². The maximum Gasteiger partial charge on any atom is 0.310 e. The molecular formula is C9H10Cl2N2O2. The number of ether oxygens (including phenoxy) is 1. The van der Waals surface area contributed by atoms with Crippen molar-refractivity contribution in [3.63, 3.8) is 0 Å². The van der Waals surface area contributed by atoms with E-state index in [9.17, 15) is 4.79 Å². The van der Waals surface area contributed by atoms with Gasteiger partial charge in [-0.15, -0.1) is 0 Å². The maximum absolute atomic E-state index is 11.0. The lowest BCUT2D eigenvalue weighted by molar-refractivity contribution is -0.139. The fourth-order valence-electron chi connectivity index (χ4n) is 0.992. The molecule has 1 heterocycles. The molecule has 4 nitrogen and oxygen atoms in total. The smallest absolute Gasteiger partial charge is 0.310 e. The number of carbonyl (C=O) groups is 1. The number of hydrogen-bond acceptors (Lipinski definition) is 4. The molecule has 0 aliphatic rings. The van der Waals surface area contributed by atoms with Gasteiger partial charge in [0.15, 0.2) is 0 Å². The third-order valence-corrected chi connectivity index (χ3v) is 2.44. The molecule has 6 heteroatoms. The second-order valence-corrected chi connectivity index (χ2v) is 3.52. The summed E-state index contributed by atoms with van der Waals surface area (Å²) in [6, 6.07) is 0. The lowest BCUT2D eigenvalue weighted by Crippen LogP contribution is -2.08. The van der Waals surface area contributed by atoms with Crippen LogP contribution in [0.5, 0.6) is 0 Å². The molecule has 1 aromatic heterocycles. The molecule has 1 aromatic rings. The first kappa shape index (κ1) is 12.2. The lowest BCUT2D eigenvalue weighted by atomic mass is 10.2. The van der Waals surface area contributed by atoms with Crippen LogP contribution in [-0.2, 0) is 22.4 Å². The van der Waals surface area contributed by atoms with Gasteiger partial charge in [-0.1, -0.05) is 30.1 Å². The number of aromatic nitrogens is 2. The highest BCUT2D eigenvalue weighted by Gasteiger charge is 2.14. The van der Waals surface area contributed by atoms with E-state index in [1.165, 1.54) is 7.11 Å². The molecule has 1 rings (SSSR count). The highest BCUT2D eigenvalue weighted by molar-refractivity contribution is 6.34. The summed E-state index contributed by atoms with van der Waals surface area (Å²) in [4.78, 5) is 19.0. The molecule has 0 unspecified atom stereocenters. The van der Waals surface area contributed by atoms with Crippen molar-refractivity contribution < 1.29 is 9.53 Å². The van der Waals surface area contributed by atoms with Gasteiger partial charge in [-0.2, -0.15) is 0 Å². The molecule has 0 saturated heterocycles. The molecule has 15 heavy (non-hydrogen) atoms. The summed E-state index contributed by atoms with van der Waals surface area (Å²) >= 11 is 11.7. The topological polar surface area (TPSA) is 52.1 Å². The first-order valence-corrected chi connectivity index (χ1v) is 5.11. The van der Waals surface area contributed by atoms with Crippen molar-refractivity contribution in [3.8, 4) is 0 Å². The third-order valence-electron chi connectivity index (χ3n) is 1.82. The van der Waals surface area contributed by atoms with E-state index in [2.05, 4.69) is 14.7 Å². The predicted octanol–water partition coefficient (Wildman–Crippen LogP) is 2.06. The van der Waals surface area contributed by atoms with E-state index in [-0.39, 0.29) is 16.7 Å². The van der Waals surface area contributed by atoms with Crippen LogP contribution in [0.3, 0.4) is 0 Å². The van der Waals surface area contributed by atoms with Crippen LogP contribution in [-0.4, -0.2) is 23.0 Å². The second kappa shape index (κ2) is 5.28. The Bertz CT molecular complexity index is 359. The van der Waals surface area contributed by atoms with Crippen LogP contribution in [0.4, 0.5) is 0 Å². The van der Waals surface area contributed by atoms with Gasteiger partial charge in [0, 0.05) is 12.0 Å². The van der Waals surface area contributed by atoms with Gasteiger partial charge in [-0.3, -0.25) is 4.79 Å². The summed E-state index contributed by atoms with van der Waals surface area (Å²) in [6.45, 7) is 1.89. The van der Waals surface area contributed by atoms with Gasteiger partial charge in [0.1, 0.15) is 16.1 Å². The van der Waals surface area contributed by atoms with Crippen LogP contribution in [0.1, 0.15) is 18.3 Å². The lowest BCUT2D eigenvalue weighted by Gasteiger charge is -2.05. The van der Waals surface area contributed by atoms with Gasteiger partial charge in [-0.25, -0.2) is 9.97 Å². The van der Waals surface area contributed by atoms with Crippen LogP contribution in [0, 0.1) is 0 Å². The van der Waals surface area contributed by atoms with Crippen molar-refractivity contribution in [2.75, 3.05) is 7.11 Å². The Morgan fingerprint density at radius 3 is 2.27 bits per heavy atom. The van der Waals surface area contributed by atoms with Crippen LogP contribution in [0.15, 0.2) is 0 Å². The van der Waals surface area contributed by atoms with E-state index in [0.717, 1.165) is 0 Å². The van der Waals surface area contributed by atoms with Crippen molar-refractivity contribution in [1.82, 2.24) is 9.97 Å². The fraction of sp³-hybridized carbons (Fsp3) is 0.444. The van der Waals surface area contributed by atoms with Crippen molar-refractivity contribution in [2.24, 2.45) is 0 Å². The number of carbonyl (C=O) groups excluding carboxylic acids is 1.